The van der Waals surface area contributed by atoms with Crippen LogP contribution in [-0.4, -0.2) is 41.0 Å². The molecule has 128 valence electrons. The van der Waals surface area contributed by atoms with Gasteiger partial charge in [0.15, 0.2) is 0 Å². The fourth-order valence-electron chi connectivity index (χ4n) is 3.27. The number of methoxy groups -OCH3 is 1. The van der Waals surface area contributed by atoms with Gasteiger partial charge in [0, 0.05) is 20.1 Å². The van der Waals surface area contributed by atoms with Crippen molar-refractivity contribution in [3.05, 3.63) is 47.5 Å². The highest BCUT2D eigenvalue weighted by atomic mass is 16.5. The van der Waals surface area contributed by atoms with E-state index in [0.29, 0.717) is 25.3 Å². The number of aromatic nitrogens is 2. The average Bonchev–Trinajstić information content (AvgIpc) is 3.23. The molecular formula is C19H18N2O4. The number of ether oxygens (including phenoxy) is 2. The maximum Gasteiger partial charge on any atom is 0.335 e. The molecule has 0 bridgehead atoms. The van der Waals surface area contributed by atoms with Crippen molar-refractivity contribution in [2.24, 2.45) is 0 Å². The summed E-state index contributed by atoms with van der Waals surface area (Å²) >= 11 is 0. The van der Waals surface area contributed by atoms with Crippen molar-refractivity contribution in [2.75, 3.05) is 20.3 Å². The van der Waals surface area contributed by atoms with Crippen molar-refractivity contribution in [1.82, 2.24) is 9.55 Å². The first-order chi connectivity index (χ1) is 12.2. The van der Waals surface area contributed by atoms with Crippen molar-refractivity contribution in [2.45, 2.75) is 13.0 Å². The van der Waals surface area contributed by atoms with Crippen LogP contribution >= 0.6 is 0 Å². The second kappa shape index (κ2) is 6.22. The predicted octanol–water partition coefficient (Wildman–Crippen LogP) is 2.98. The van der Waals surface area contributed by atoms with Crippen LogP contribution in [0.5, 0.6) is 5.75 Å². The van der Waals surface area contributed by atoms with Gasteiger partial charge in [0.2, 0.25) is 0 Å². The Bertz CT molecular complexity index is 961. The summed E-state index contributed by atoms with van der Waals surface area (Å²) in [6.07, 6.45) is 0.893. The quantitative estimate of drug-likeness (QED) is 0.774. The molecule has 4 rings (SSSR count). The first-order valence-corrected chi connectivity index (χ1v) is 8.16. The summed E-state index contributed by atoms with van der Waals surface area (Å²) in [5.74, 6) is 0.682. The lowest BCUT2D eigenvalue weighted by atomic mass is 10.1. The zero-order valence-corrected chi connectivity index (χ0v) is 13.9. The molecule has 2 heterocycles. The largest absolute Gasteiger partial charge is 0.492 e. The third-order valence-corrected chi connectivity index (χ3v) is 4.47. The minimum Gasteiger partial charge on any atom is -0.492 e. The molecule has 1 aliphatic rings. The van der Waals surface area contributed by atoms with Crippen molar-refractivity contribution in [1.29, 1.82) is 0 Å². The summed E-state index contributed by atoms with van der Waals surface area (Å²) < 4.78 is 13.1. The highest BCUT2D eigenvalue weighted by Crippen LogP contribution is 2.37. The van der Waals surface area contributed by atoms with Crippen LogP contribution in [0, 0.1) is 0 Å². The number of nitrogens with zero attached hydrogens (tertiary/aromatic N) is 2. The fraction of sp³-hybridized carbons (Fsp3) is 0.263. The van der Waals surface area contributed by atoms with Crippen LogP contribution in [0.3, 0.4) is 0 Å². The van der Waals surface area contributed by atoms with Crippen LogP contribution in [0.2, 0.25) is 0 Å². The lowest BCUT2D eigenvalue weighted by Crippen LogP contribution is -2.06. The summed E-state index contributed by atoms with van der Waals surface area (Å²) in [5.41, 5.74) is 3.87. The molecule has 3 aromatic rings. The second-order valence-electron chi connectivity index (χ2n) is 5.98. The number of hydrogen-bond acceptors (Lipinski definition) is 4. The zero-order valence-electron chi connectivity index (χ0n) is 13.9. The Balaban J connectivity index is 1.93. The predicted molar refractivity (Wildman–Crippen MR) is 93.2 cm³/mol. The van der Waals surface area contributed by atoms with E-state index in [1.807, 2.05) is 12.1 Å². The van der Waals surface area contributed by atoms with Crippen molar-refractivity contribution in [3.8, 4) is 17.1 Å². The maximum absolute atomic E-state index is 11.3. The zero-order chi connectivity index (χ0) is 17.4. The minimum absolute atomic E-state index is 0.227. The molecule has 0 spiro atoms. The molecule has 1 aliphatic heterocycles. The number of carbonyl (C=O) groups is 1. The molecule has 1 aromatic heterocycles. The van der Waals surface area contributed by atoms with E-state index in [0.717, 1.165) is 29.1 Å². The van der Waals surface area contributed by atoms with Gasteiger partial charge in [0.1, 0.15) is 11.6 Å². The standard InChI is InChI=1S/C19H18N2O4/c1-24-10-8-21-16-6-5-13(19(22)23)11-15(16)20-18(21)14-4-2-3-12-7-9-25-17(12)14/h2-6,11H,7-10H2,1H3,(H,22,23). The highest BCUT2D eigenvalue weighted by Gasteiger charge is 2.22. The third kappa shape index (κ3) is 2.64. The van der Waals surface area contributed by atoms with Gasteiger partial charge < -0.3 is 19.1 Å². The SMILES string of the molecule is COCCn1c(-c2cccc3c2OCC3)nc2cc(C(=O)O)ccc21. The van der Waals surface area contributed by atoms with Crippen LogP contribution in [0.15, 0.2) is 36.4 Å². The lowest BCUT2D eigenvalue weighted by Gasteiger charge is -2.11. The maximum atomic E-state index is 11.3. The molecule has 6 nitrogen and oxygen atoms in total. The van der Waals surface area contributed by atoms with Gasteiger partial charge in [-0.25, -0.2) is 9.78 Å². The first-order valence-electron chi connectivity index (χ1n) is 8.16. The van der Waals surface area contributed by atoms with Crippen molar-refractivity contribution in [3.63, 3.8) is 0 Å². The molecule has 0 atom stereocenters. The highest BCUT2D eigenvalue weighted by molar-refractivity contribution is 5.93. The number of carboxylic acid groups (broad SMARTS) is 1. The van der Waals surface area contributed by atoms with Gasteiger partial charge in [-0.2, -0.15) is 0 Å². The van der Waals surface area contributed by atoms with E-state index < -0.39 is 5.97 Å². The summed E-state index contributed by atoms with van der Waals surface area (Å²) in [7, 11) is 1.66. The summed E-state index contributed by atoms with van der Waals surface area (Å²) in [6.45, 7) is 1.83. The van der Waals surface area contributed by atoms with Crippen LogP contribution in [0.4, 0.5) is 0 Å². The van der Waals surface area contributed by atoms with Crippen molar-refractivity contribution >= 4 is 17.0 Å². The Morgan fingerprint density at radius 2 is 2.24 bits per heavy atom. The minimum atomic E-state index is -0.959. The van der Waals surface area contributed by atoms with E-state index in [-0.39, 0.29) is 5.56 Å². The monoisotopic (exact) mass is 338 g/mol. The molecule has 0 unspecified atom stereocenters. The van der Waals surface area contributed by atoms with E-state index in [1.165, 1.54) is 5.56 Å². The number of benzene rings is 2. The number of fused-ring (bicyclic) bond motifs is 2. The molecule has 1 N–H and O–H groups in total. The van der Waals surface area contributed by atoms with Crippen LogP contribution < -0.4 is 4.74 Å². The number of imidazole rings is 1. The smallest absolute Gasteiger partial charge is 0.335 e. The molecule has 0 fully saturated rings. The van der Waals surface area contributed by atoms with Crippen LogP contribution in [0.1, 0.15) is 15.9 Å². The van der Waals surface area contributed by atoms with Crippen LogP contribution in [-0.2, 0) is 17.7 Å². The molecule has 0 aliphatic carbocycles. The number of aromatic carboxylic acids is 1. The first kappa shape index (κ1) is 15.7. The van der Waals surface area contributed by atoms with Gasteiger partial charge in [0.05, 0.1) is 35.4 Å². The van der Waals surface area contributed by atoms with E-state index in [9.17, 15) is 9.90 Å². The second-order valence-corrected chi connectivity index (χ2v) is 5.98. The topological polar surface area (TPSA) is 73.6 Å². The molecule has 2 aromatic carbocycles. The van der Waals surface area contributed by atoms with E-state index in [2.05, 4.69) is 10.6 Å². The number of carboxylic acids is 1. The Kier molecular flexibility index (Phi) is 3.89. The molecule has 0 saturated heterocycles. The van der Waals surface area contributed by atoms with E-state index >= 15 is 0 Å². The van der Waals surface area contributed by atoms with Gasteiger partial charge in [-0.1, -0.05) is 12.1 Å². The van der Waals surface area contributed by atoms with Gasteiger partial charge in [-0.05, 0) is 29.8 Å². The Labute approximate surface area is 144 Å². The molecule has 25 heavy (non-hydrogen) atoms. The molecule has 0 radical (unpaired) electrons. The summed E-state index contributed by atoms with van der Waals surface area (Å²) in [6, 6.07) is 11.1. The molecular weight excluding hydrogens is 320 g/mol. The number of rotatable bonds is 5. The van der Waals surface area contributed by atoms with Gasteiger partial charge in [0.25, 0.3) is 0 Å². The third-order valence-electron chi connectivity index (χ3n) is 4.47. The molecule has 0 saturated carbocycles. The van der Waals surface area contributed by atoms with E-state index in [4.69, 9.17) is 14.5 Å². The molecule has 6 heteroatoms. The van der Waals surface area contributed by atoms with E-state index in [1.54, 1.807) is 25.3 Å². The van der Waals surface area contributed by atoms with Gasteiger partial charge >= 0.3 is 5.97 Å². The van der Waals surface area contributed by atoms with Gasteiger partial charge in [-0.3, -0.25) is 0 Å². The fourth-order valence-corrected chi connectivity index (χ4v) is 3.27. The number of para-hydroxylation sites is 1. The lowest BCUT2D eigenvalue weighted by molar-refractivity contribution is 0.0697. The van der Waals surface area contributed by atoms with Crippen molar-refractivity contribution < 1.29 is 19.4 Å². The van der Waals surface area contributed by atoms with Crippen LogP contribution in [0.25, 0.3) is 22.4 Å². The summed E-state index contributed by atoms with van der Waals surface area (Å²) in [5, 5.41) is 9.23. The number of hydrogen-bond donors (Lipinski definition) is 1. The normalized spacial score (nSPS) is 13.0. The average molecular weight is 338 g/mol. The Morgan fingerprint density at radius 1 is 1.36 bits per heavy atom. The summed E-state index contributed by atoms with van der Waals surface area (Å²) in [4.78, 5) is 16.0. The molecule has 0 amide bonds. The van der Waals surface area contributed by atoms with Gasteiger partial charge in [-0.15, -0.1) is 0 Å². The Morgan fingerprint density at radius 3 is 3.04 bits per heavy atom. The Hall–Kier alpha value is -2.86.